The van der Waals surface area contributed by atoms with Gasteiger partial charge in [-0.3, -0.25) is 0 Å². The molecule has 25 heavy (non-hydrogen) atoms. The van der Waals surface area contributed by atoms with Gasteiger partial charge in [0.1, 0.15) is 0 Å². The van der Waals surface area contributed by atoms with Crippen LogP contribution in [0.2, 0.25) is 0 Å². The minimum atomic E-state index is -0.0744. The fourth-order valence-electron chi connectivity index (χ4n) is 4.14. The van der Waals surface area contributed by atoms with E-state index < -0.39 is 0 Å². The van der Waals surface area contributed by atoms with Gasteiger partial charge in [-0.05, 0) is 51.4 Å². The number of hydrogen-bond acceptors (Lipinski definition) is 5. The van der Waals surface area contributed by atoms with Crippen molar-refractivity contribution in [1.29, 1.82) is 0 Å². The molecule has 1 aliphatic carbocycles. The highest BCUT2D eigenvalue weighted by Gasteiger charge is 2.41. The van der Waals surface area contributed by atoms with E-state index in [4.69, 9.17) is 9.26 Å². The first-order chi connectivity index (χ1) is 12.2. The van der Waals surface area contributed by atoms with Crippen molar-refractivity contribution in [3.8, 4) is 0 Å². The summed E-state index contributed by atoms with van der Waals surface area (Å²) in [4.78, 5) is 18.5. The number of nitrogens with zero attached hydrogens (tertiary/aromatic N) is 3. The Balaban J connectivity index is 1.32. The normalized spacial score (nSPS) is 26.0. The molecule has 0 radical (unpaired) electrons. The molecule has 3 heterocycles. The predicted molar refractivity (Wildman–Crippen MR) is 91.3 cm³/mol. The van der Waals surface area contributed by atoms with Gasteiger partial charge >= 0.3 is 6.03 Å². The highest BCUT2D eigenvalue weighted by atomic mass is 16.5. The molecule has 1 N–H and O–H groups in total. The van der Waals surface area contributed by atoms with E-state index in [1.54, 1.807) is 0 Å². The average Bonchev–Trinajstić information content (AvgIpc) is 3.36. The molecule has 7 heteroatoms. The summed E-state index contributed by atoms with van der Waals surface area (Å²) in [7, 11) is 0. The van der Waals surface area contributed by atoms with E-state index in [1.807, 2.05) is 11.8 Å². The number of likely N-dealkylation sites (tertiary alicyclic amines) is 1. The van der Waals surface area contributed by atoms with Gasteiger partial charge in [0, 0.05) is 38.6 Å². The fraction of sp³-hybridized carbons (Fsp3) is 0.833. The molecular formula is C18H28N4O3. The van der Waals surface area contributed by atoms with Crippen LogP contribution in [0.1, 0.15) is 63.1 Å². The van der Waals surface area contributed by atoms with E-state index in [0.717, 1.165) is 63.5 Å². The maximum atomic E-state index is 12.0. The Hall–Kier alpha value is -1.63. The lowest BCUT2D eigenvalue weighted by molar-refractivity contribution is -0.123. The van der Waals surface area contributed by atoms with Gasteiger partial charge in [-0.1, -0.05) is 5.16 Å². The van der Waals surface area contributed by atoms with Crippen LogP contribution in [0.3, 0.4) is 0 Å². The van der Waals surface area contributed by atoms with Gasteiger partial charge in [-0.25, -0.2) is 4.79 Å². The molecule has 2 amide bonds. The van der Waals surface area contributed by atoms with Gasteiger partial charge < -0.3 is 19.5 Å². The number of ether oxygens (including phenoxy) is 1. The van der Waals surface area contributed by atoms with Gasteiger partial charge in [-0.2, -0.15) is 4.98 Å². The van der Waals surface area contributed by atoms with Crippen molar-refractivity contribution in [3.05, 3.63) is 11.7 Å². The van der Waals surface area contributed by atoms with Gasteiger partial charge in [-0.15, -0.1) is 0 Å². The molecule has 1 unspecified atom stereocenters. The molecule has 4 rings (SSSR count). The summed E-state index contributed by atoms with van der Waals surface area (Å²) in [6, 6.07) is 0.0455. The number of urea groups is 1. The third-order valence-electron chi connectivity index (χ3n) is 5.77. The minimum Gasteiger partial charge on any atom is -0.375 e. The zero-order valence-corrected chi connectivity index (χ0v) is 15.0. The van der Waals surface area contributed by atoms with E-state index in [2.05, 4.69) is 15.5 Å². The lowest BCUT2D eigenvalue weighted by atomic mass is 9.78. The number of piperidine rings is 1. The molecule has 138 valence electrons. The van der Waals surface area contributed by atoms with Crippen LogP contribution in [-0.2, 0) is 11.2 Å². The summed E-state index contributed by atoms with van der Waals surface area (Å²) in [5.41, 5.74) is -0.0744. The zero-order chi connectivity index (χ0) is 17.3. The van der Waals surface area contributed by atoms with Gasteiger partial charge in [0.05, 0.1) is 5.60 Å². The molecule has 1 aromatic heterocycles. The molecule has 1 aromatic rings. The highest BCUT2D eigenvalue weighted by Crippen LogP contribution is 2.40. The quantitative estimate of drug-likeness (QED) is 0.904. The van der Waals surface area contributed by atoms with Gasteiger partial charge in [0.25, 0.3) is 0 Å². The number of carbonyl (C=O) groups is 1. The average molecular weight is 348 g/mol. The lowest BCUT2D eigenvalue weighted by Gasteiger charge is -2.46. The Morgan fingerprint density at radius 2 is 2.12 bits per heavy atom. The Labute approximate surface area is 148 Å². The zero-order valence-electron chi connectivity index (χ0n) is 15.0. The molecule has 3 aliphatic rings. The Morgan fingerprint density at radius 1 is 1.32 bits per heavy atom. The van der Waals surface area contributed by atoms with Crippen molar-refractivity contribution in [3.63, 3.8) is 0 Å². The third-order valence-corrected chi connectivity index (χ3v) is 5.77. The van der Waals surface area contributed by atoms with Crippen molar-refractivity contribution in [2.75, 3.05) is 26.2 Å². The highest BCUT2D eigenvalue weighted by molar-refractivity contribution is 5.74. The Bertz CT molecular complexity index is 605. The van der Waals surface area contributed by atoms with Crippen molar-refractivity contribution >= 4 is 6.03 Å². The summed E-state index contributed by atoms with van der Waals surface area (Å²) in [6.45, 7) is 4.95. The number of nitrogens with one attached hydrogen (secondary N) is 1. The van der Waals surface area contributed by atoms with Crippen molar-refractivity contribution in [2.45, 2.75) is 63.4 Å². The molecule has 0 aromatic carbocycles. The molecule has 1 atom stereocenters. The molecule has 1 spiro atoms. The van der Waals surface area contributed by atoms with Gasteiger partial charge in [0.15, 0.2) is 5.82 Å². The van der Waals surface area contributed by atoms with E-state index in [9.17, 15) is 4.79 Å². The number of amides is 2. The first-order valence-corrected chi connectivity index (χ1v) is 9.67. The first-order valence-electron chi connectivity index (χ1n) is 9.67. The molecule has 2 saturated heterocycles. The van der Waals surface area contributed by atoms with Crippen LogP contribution < -0.4 is 5.32 Å². The standard InChI is InChI=1S/C18H28N4O3/c1-2-19-17(23)22-8-6-18(7-9-22)12-13(5-10-24-18)11-15-20-16(25-21-15)14-3-4-14/h13-14H,2-12H2,1H3,(H,19,23). The third kappa shape index (κ3) is 3.81. The fourth-order valence-corrected chi connectivity index (χ4v) is 4.14. The Kier molecular flexibility index (Phi) is 4.67. The summed E-state index contributed by atoms with van der Waals surface area (Å²) >= 11 is 0. The number of aromatic nitrogens is 2. The summed E-state index contributed by atoms with van der Waals surface area (Å²) in [6.07, 6.45) is 7.16. The summed E-state index contributed by atoms with van der Waals surface area (Å²) in [5, 5.41) is 7.06. The predicted octanol–water partition coefficient (Wildman–Crippen LogP) is 2.48. The SMILES string of the molecule is CCNC(=O)N1CCC2(CC1)CC(Cc1noc(C3CC3)n1)CCO2. The smallest absolute Gasteiger partial charge is 0.317 e. The van der Waals surface area contributed by atoms with Crippen LogP contribution in [-0.4, -0.2) is 52.9 Å². The number of hydrogen-bond donors (Lipinski definition) is 1. The van der Waals surface area contributed by atoms with Crippen LogP contribution >= 0.6 is 0 Å². The van der Waals surface area contributed by atoms with E-state index in [-0.39, 0.29) is 11.6 Å². The van der Waals surface area contributed by atoms with Crippen LogP contribution in [0, 0.1) is 5.92 Å². The largest absolute Gasteiger partial charge is 0.375 e. The van der Waals surface area contributed by atoms with Crippen LogP contribution in [0.15, 0.2) is 4.52 Å². The van der Waals surface area contributed by atoms with E-state index in [1.165, 1.54) is 12.8 Å². The van der Waals surface area contributed by atoms with Crippen LogP contribution in [0.25, 0.3) is 0 Å². The van der Waals surface area contributed by atoms with Crippen molar-refractivity contribution in [1.82, 2.24) is 20.4 Å². The van der Waals surface area contributed by atoms with Crippen molar-refractivity contribution in [2.24, 2.45) is 5.92 Å². The lowest BCUT2D eigenvalue weighted by Crippen LogP contribution is -2.53. The Morgan fingerprint density at radius 3 is 2.84 bits per heavy atom. The monoisotopic (exact) mass is 348 g/mol. The topological polar surface area (TPSA) is 80.5 Å². The molecule has 0 bridgehead atoms. The second-order valence-corrected chi connectivity index (χ2v) is 7.74. The van der Waals surface area contributed by atoms with Crippen LogP contribution in [0.4, 0.5) is 4.79 Å². The summed E-state index contributed by atoms with van der Waals surface area (Å²) in [5.74, 6) is 2.73. The first kappa shape index (κ1) is 16.8. The van der Waals surface area contributed by atoms with E-state index >= 15 is 0 Å². The summed E-state index contributed by atoms with van der Waals surface area (Å²) < 4.78 is 11.6. The molecule has 2 aliphatic heterocycles. The number of carbonyl (C=O) groups excluding carboxylic acids is 1. The molecule has 3 fully saturated rings. The van der Waals surface area contributed by atoms with E-state index in [0.29, 0.717) is 18.4 Å². The maximum absolute atomic E-state index is 12.0. The van der Waals surface area contributed by atoms with Crippen LogP contribution in [0.5, 0.6) is 0 Å². The van der Waals surface area contributed by atoms with Gasteiger partial charge in [0.2, 0.25) is 5.89 Å². The second kappa shape index (κ2) is 6.94. The second-order valence-electron chi connectivity index (χ2n) is 7.74. The molecule has 7 nitrogen and oxygen atoms in total. The molecule has 1 saturated carbocycles. The minimum absolute atomic E-state index is 0.0455. The number of rotatable bonds is 4. The van der Waals surface area contributed by atoms with Crippen molar-refractivity contribution < 1.29 is 14.1 Å². The maximum Gasteiger partial charge on any atom is 0.317 e. The molecular weight excluding hydrogens is 320 g/mol.